The zero-order valence-corrected chi connectivity index (χ0v) is 10.3. The fraction of sp³-hybridized carbons (Fsp3) is 0.143. The average molecular weight is 254 g/mol. The first-order chi connectivity index (χ1) is 9.31. The number of benzene rings is 1. The normalized spacial score (nSPS) is 10.7. The van der Waals surface area contributed by atoms with Crippen molar-refractivity contribution in [3.05, 3.63) is 48.4 Å². The summed E-state index contributed by atoms with van der Waals surface area (Å²) >= 11 is 0. The zero-order valence-electron chi connectivity index (χ0n) is 10.3. The number of nitrogen functional groups attached to an aromatic ring is 1. The molecule has 0 aliphatic rings. The number of fused-ring (bicyclic) bond motifs is 1. The second-order valence-electron chi connectivity index (χ2n) is 4.23. The molecular formula is C14H14N4O. The molecule has 3 aromatic rings. The van der Waals surface area contributed by atoms with E-state index >= 15 is 0 Å². The predicted octanol–water partition coefficient (Wildman–Crippen LogP) is 2.16. The Morgan fingerprint density at radius 1 is 1.16 bits per heavy atom. The maximum atomic E-state index is 5.62. The molecular weight excluding hydrogens is 240 g/mol. The van der Waals surface area contributed by atoms with Gasteiger partial charge in [-0.15, -0.1) is 0 Å². The van der Waals surface area contributed by atoms with Crippen LogP contribution in [-0.4, -0.2) is 21.6 Å². The summed E-state index contributed by atoms with van der Waals surface area (Å²) in [5, 5.41) is 0. The van der Waals surface area contributed by atoms with Crippen molar-refractivity contribution in [1.29, 1.82) is 0 Å². The standard InChI is InChI=1S/C14H14N4O/c15-10-3-5-11(6-4-10)19-9-7-13-17-12-2-1-8-16-14(12)18-13/h1-6,8H,7,9,15H2,(H,16,17,18). The SMILES string of the molecule is Nc1ccc(OCCc2nc3ncccc3[nH]2)cc1. The number of pyridine rings is 1. The maximum Gasteiger partial charge on any atom is 0.177 e. The molecule has 0 radical (unpaired) electrons. The number of hydrogen-bond acceptors (Lipinski definition) is 4. The van der Waals surface area contributed by atoms with Crippen molar-refractivity contribution in [2.75, 3.05) is 12.3 Å². The van der Waals surface area contributed by atoms with E-state index in [9.17, 15) is 0 Å². The number of anilines is 1. The molecule has 0 saturated heterocycles. The summed E-state index contributed by atoms with van der Waals surface area (Å²) < 4.78 is 5.62. The smallest absolute Gasteiger partial charge is 0.177 e. The van der Waals surface area contributed by atoms with Gasteiger partial charge in [-0.3, -0.25) is 0 Å². The fourth-order valence-corrected chi connectivity index (χ4v) is 1.84. The Labute approximate surface area is 110 Å². The number of nitrogens with one attached hydrogen (secondary N) is 1. The molecule has 5 heteroatoms. The number of aromatic amines is 1. The Hall–Kier alpha value is -2.56. The number of rotatable bonds is 4. The minimum absolute atomic E-state index is 0.559. The third-order valence-corrected chi connectivity index (χ3v) is 2.79. The van der Waals surface area contributed by atoms with Crippen LogP contribution in [0.1, 0.15) is 5.82 Å². The second kappa shape index (κ2) is 4.97. The van der Waals surface area contributed by atoms with Gasteiger partial charge in [0.25, 0.3) is 0 Å². The molecule has 96 valence electrons. The van der Waals surface area contributed by atoms with Crippen LogP contribution in [0.3, 0.4) is 0 Å². The molecule has 0 fully saturated rings. The topological polar surface area (TPSA) is 76.8 Å². The third-order valence-electron chi connectivity index (χ3n) is 2.79. The summed E-state index contributed by atoms with van der Waals surface area (Å²) in [5.74, 6) is 1.69. The Bertz CT molecular complexity index is 642. The molecule has 5 nitrogen and oxygen atoms in total. The molecule has 0 spiro atoms. The predicted molar refractivity (Wildman–Crippen MR) is 73.9 cm³/mol. The quantitative estimate of drug-likeness (QED) is 0.699. The monoisotopic (exact) mass is 254 g/mol. The van der Waals surface area contributed by atoms with Gasteiger partial charge in [0.05, 0.1) is 12.1 Å². The Kier molecular flexibility index (Phi) is 3.02. The van der Waals surface area contributed by atoms with E-state index in [0.29, 0.717) is 13.0 Å². The Morgan fingerprint density at radius 2 is 2.00 bits per heavy atom. The van der Waals surface area contributed by atoms with Crippen molar-refractivity contribution >= 4 is 16.9 Å². The van der Waals surface area contributed by atoms with Gasteiger partial charge in [0, 0.05) is 18.3 Å². The van der Waals surface area contributed by atoms with E-state index in [-0.39, 0.29) is 0 Å². The number of H-pyrrole nitrogens is 1. The van der Waals surface area contributed by atoms with Gasteiger partial charge < -0.3 is 15.5 Å². The van der Waals surface area contributed by atoms with Crippen molar-refractivity contribution in [2.24, 2.45) is 0 Å². The second-order valence-corrected chi connectivity index (χ2v) is 4.23. The minimum Gasteiger partial charge on any atom is -0.493 e. The molecule has 0 atom stereocenters. The number of nitrogens with two attached hydrogens (primary N) is 1. The summed E-state index contributed by atoms with van der Waals surface area (Å²) in [4.78, 5) is 11.8. The molecule has 3 rings (SSSR count). The summed E-state index contributed by atoms with van der Waals surface area (Å²) in [7, 11) is 0. The van der Waals surface area contributed by atoms with E-state index in [4.69, 9.17) is 10.5 Å². The number of imidazole rings is 1. The first kappa shape index (κ1) is 11.5. The van der Waals surface area contributed by atoms with Crippen LogP contribution < -0.4 is 10.5 Å². The first-order valence-corrected chi connectivity index (χ1v) is 6.09. The summed E-state index contributed by atoms with van der Waals surface area (Å²) in [6, 6.07) is 11.2. The van der Waals surface area contributed by atoms with Crippen LogP contribution in [0.15, 0.2) is 42.6 Å². The van der Waals surface area contributed by atoms with Crippen molar-refractivity contribution < 1.29 is 4.74 Å². The van der Waals surface area contributed by atoms with Crippen LogP contribution in [0, 0.1) is 0 Å². The van der Waals surface area contributed by atoms with E-state index < -0.39 is 0 Å². The van der Waals surface area contributed by atoms with Gasteiger partial charge in [0.1, 0.15) is 11.6 Å². The number of nitrogens with zero attached hydrogens (tertiary/aromatic N) is 2. The zero-order chi connectivity index (χ0) is 13.1. The molecule has 2 heterocycles. The van der Waals surface area contributed by atoms with E-state index in [1.54, 1.807) is 6.20 Å². The molecule has 1 aromatic carbocycles. The fourth-order valence-electron chi connectivity index (χ4n) is 1.84. The molecule has 19 heavy (non-hydrogen) atoms. The lowest BCUT2D eigenvalue weighted by molar-refractivity contribution is 0.319. The molecule has 0 saturated carbocycles. The third kappa shape index (κ3) is 2.65. The van der Waals surface area contributed by atoms with Gasteiger partial charge in [-0.25, -0.2) is 9.97 Å². The van der Waals surface area contributed by atoms with Gasteiger partial charge in [0.15, 0.2) is 5.65 Å². The highest BCUT2D eigenvalue weighted by molar-refractivity contribution is 5.69. The van der Waals surface area contributed by atoms with E-state index in [1.165, 1.54) is 0 Å². The highest BCUT2D eigenvalue weighted by Gasteiger charge is 2.03. The lowest BCUT2D eigenvalue weighted by Gasteiger charge is -2.04. The minimum atomic E-state index is 0.559. The first-order valence-electron chi connectivity index (χ1n) is 6.09. The molecule has 0 aliphatic carbocycles. The summed E-state index contributed by atoms with van der Waals surface area (Å²) in [6.45, 7) is 0.559. The van der Waals surface area contributed by atoms with Crippen LogP contribution in [0.4, 0.5) is 5.69 Å². The van der Waals surface area contributed by atoms with Crippen molar-refractivity contribution in [1.82, 2.24) is 15.0 Å². The maximum absolute atomic E-state index is 5.62. The number of hydrogen-bond donors (Lipinski definition) is 2. The average Bonchev–Trinajstić information content (AvgIpc) is 2.83. The number of ether oxygens (including phenoxy) is 1. The summed E-state index contributed by atoms with van der Waals surface area (Å²) in [5.41, 5.74) is 8.03. The van der Waals surface area contributed by atoms with Crippen LogP contribution >= 0.6 is 0 Å². The van der Waals surface area contributed by atoms with Crippen molar-refractivity contribution in [3.63, 3.8) is 0 Å². The van der Waals surface area contributed by atoms with Gasteiger partial charge in [-0.1, -0.05) is 0 Å². The van der Waals surface area contributed by atoms with Gasteiger partial charge in [-0.2, -0.15) is 0 Å². The largest absolute Gasteiger partial charge is 0.493 e. The highest BCUT2D eigenvalue weighted by atomic mass is 16.5. The highest BCUT2D eigenvalue weighted by Crippen LogP contribution is 2.13. The lowest BCUT2D eigenvalue weighted by Crippen LogP contribution is -2.02. The van der Waals surface area contributed by atoms with Crippen LogP contribution in [0.25, 0.3) is 11.2 Å². The van der Waals surface area contributed by atoms with Gasteiger partial charge in [-0.05, 0) is 36.4 Å². The van der Waals surface area contributed by atoms with Crippen molar-refractivity contribution in [3.8, 4) is 5.75 Å². The van der Waals surface area contributed by atoms with E-state index in [1.807, 2.05) is 36.4 Å². The van der Waals surface area contributed by atoms with E-state index in [0.717, 1.165) is 28.4 Å². The Balaban J connectivity index is 1.61. The molecule has 2 aromatic heterocycles. The number of aromatic nitrogens is 3. The van der Waals surface area contributed by atoms with Crippen LogP contribution in [-0.2, 0) is 6.42 Å². The molecule has 0 aliphatic heterocycles. The Morgan fingerprint density at radius 3 is 2.79 bits per heavy atom. The molecule has 3 N–H and O–H groups in total. The van der Waals surface area contributed by atoms with Crippen LogP contribution in [0.2, 0.25) is 0 Å². The summed E-state index contributed by atoms with van der Waals surface area (Å²) in [6.07, 6.45) is 2.44. The van der Waals surface area contributed by atoms with Crippen molar-refractivity contribution in [2.45, 2.75) is 6.42 Å². The van der Waals surface area contributed by atoms with Gasteiger partial charge in [0.2, 0.25) is 0 Å². The van der Waals surface area contributed by atoms with E-state index in [2.05, 4.69) is 15.0 Å². The van der Waals surface area contributed by atoms with Crippen LogP contribution in [0.5, 0.6) is 5.75 Å². The molecule has 0 bridgehead atoms. The molecule has 0 unspecified atom stereocenters. The molecule has 0 amide bonds. The van der Waals surface area contributed by atoms with Gasteiger partial charge >= 0.3 is 0 Å². The lowest BCUT2D eigenvalue weighted by atomic mass is 10.3.